The van der Waals surface area contributed by atoms with Crippen molar-refractivity contribution in [2.45, 2.75) is 6.10 Å². The Hall–Kier alpha value is -1.79. The lowest BCUT2D eigenvalue weighted by Gasteiger charge is -2.12. The molecule has 0 saturated carbocycles. The van der Waals surface area contributed by atoms with Gasteiger partial charge in [-0.2, -0.15) is 0 Å². The average molecular weight is 339 g/mol. The zero-order chi connectivity index (χ0) is 14.5. The van der Waals surface area contributed by atoms with Gasteiger partial charge >= 0.3 is 0 Å². The molecule has 0 fully saturated rings. The Morgan fingerprint density at radius 1 is 1.35 bits per heavy atom. The molecule has 0 saturated heterocycles. The fourth-order valence-electron chi connectivity index (χ4n) is 1.64. The zero-order valence-electron chi connectivity index (χ0n) is 10.4. The number of nitrogens with one attached hydrogen (secondary N) is 1. The van der Waals surface area contributed by atoms with E-state index in [4.69, 9.17) is 0 Å². The van der Waals surface area contributed by atoms with Crippen molar-refractivity contribution in [3.8, 4) is 0 Å². The summed E-state index contributed by atoms with van der Waals surface area (Å²) in [4.78, 5) is 15.8. The van der Waals surface area contributed by atoms with Crippen LogP contribution >= 0.6 is 15.9 Å². The molecule has 0 aliphatic heterocycles. The smallest absolute Gasteiger partial charge is 0.254 e. The van der Waals surface area contributed by atoms with Gasteiger partial charge in [0.05, 0.1) is 11.7 Å². The molecule has 0 radical (unpaired) electrons. The summed E-state index contributed by atoms with van der Waals surface area (Å²) < 4.78 is 13.2. The normalized spacial score (nSPS) is 11.9. The van der Waals surface area contributed by atoms with Crippen LogP contribution in [0.2, 0.25) is 0 Å². The van der Waals surface area contributed by atoms with Gasteiger partial charge in [0.1, 0.15) is 10.4 Å². The summed E-state index contributed by atoms with van der Waals surface area (Å²) in [5.41, 5.74) is 0.927. The highest BCUT2D eigenvalue weighted by Crippen LogP contribution is 2.14. The van der Waals surface area contributed by atoms with Gasteiger partial charge < -0.3 is 10.4 Å². The van der Waals surface area contributed by atoms with Crippen molar-refractivity contribution in [3.63, 3.8) is 0 Å². The van der Waals surface area contributed by atoms with Gasteiger partial charge in [-0.15, -0.1) is 0 Å². The standard InChI is InChI=1S/C14H12BrFN2O2/c15-13-11(2-1-7-17-13)14(20)18-8-12(19)9-3-5-10(16)6-4-9/h1-7,12,19H,8H2,(H,18,20). The van der Waals surface area contributed by atoms with Crippen LogP contribution in [0, 0.1) is 5.82 Å². The Labute approximate surface area is 123 Å². The number of pyridine rings is 1. The number of halogens is 2. The minimum absolute atomic E-state index is 0.0335. The Kier molecular flexibility index (Phi) is 4.81. The number of rotatable bonds is 4. The van der Waals surface area contributed by atoms with Crippen LogP contribution in [0.3, 0.4) is 0 Å². The molecule has 6 heteroatoms. The Bertz CT molecular complexity index is 604. The van der Waals surface area contributed by atoms with Gasteiger partial charge in [-0.25, -0.2) is 9.37 Å². The molecule has 2 N–H and O–H groups in total. The van der Waals surface area contributed by atoms with E-state index in [0.717, 1.165) is 0 Å². The quantitative estimate of drug-likeness (QED) is 0.841. The third kappa shape index (κ3) is 3.61. The van der Waals surface area contributed by atoms with Crippen LogP contribution in [0.4, 0.5) is 4.39 Å². The third-order valence-corrected chi connectivity index (χ3v) is 3.35. The van der Waals surface area contributed by atoms with Gasteiger partial charge in [-0.3, -0.25) is 4.79 Å². The Morgan fingerprint density at radius 3 is 2.70 bits per heavy atom. The lowest BCUT2D eigenvalue weighted by molar-refractivity contribution is 0.0915. The lowest BCUT2D eigenvalue weighted by atomic mass is 10.1. The first-order valence-electron chi connectivity index (χ1n) is 5.90. The summed E-state index contributed by atoms with van der Waals surface area (Å²) >= 11 is 3.18. The largest absolute Gasteiger partial charge is 0.387 e. The summed E-state index contributed by atoms with van der Waals surface area (Å²) in [6.07, 6.45) is 0.670. The van der Waals surface area contributed by atoms with Crippen LogP contribution in [-0.2, 0) is 0 Å². The minimum Gasteiger partial charge on any atom is -0.387 e. The molecule has 104 valence electrons. The Balaban J connectivity index is 1.97. The highest BCUT2D eigenvalue weighted by molar-refractivity contribution is 9.10. The second kappa shape index (κ2) is 6.58. The lowest BCUT2D eigenvalue weighted by Crippen LogP contribution is -2.28. The highest BCUT2D eigenvalue weighted by Gasteiger charge is 2.13. The van der Waals surface area contributed by atoms with E-state index >= 15 is 0 Å². The van der Waals surface area contributed by atoms with Crippen LogP contribution in [0.25, 0.3) is 0 Å². The van der Waals surface area contributed by atoms with Crippen molar-refractivity contribution in [2.75, 3.05) is 6.54 Å². The van der Waals surface area contributed by atoms with Crippen LogP contribution < -0.4 is 5.32 Å². The number of aliphatic hydroxyl groups is 1. The molecule has 1 aromatic heterocycles. The number of amides is 1. The number of carbonyl (C=O) groups excluding carboxylic acids is 1. The van der Waals surface area contributed by atoms with Gasteiger partial charge in [-0.05, 0) is 45.8 Å². The van der Waals surface area contributed by atoms with Gasteiger partial charge in [0, 0.05) is 12.7 Å². The number of benzene rings is 1. The van der Waals surface area contributed by atoms with Gasteiger partial charge in [0.2, 0.25) is 0 Å². The van der Waals surface area contributed by atoms with Crippen LogP contribution in [0.15, 0.2) is 47.2 Å². The summed E-state index contributed by atoms with van der Waals surface area (Å²) in [6, 6.07) is 8.75. The molecule has 1 heterocycles. The van der Waals surface area contributed by atoms with Crippen molar-refractivity contribution in [1.82, 2.24) is 10.3 Å². The highest BCUT2D eigenvalue weighted by atomic mass is 79.9. The molecule has 0 spiro atoms. The molecule has 0 bridgehead atoms. The van der Waals surface area contributed by atoms with Crippen molar-refractivity contribution >= 4 is 21.8 Å². The third-order valence-electron chi connectivity index (χ3n) is 2.71. The molecular formula is C14H12BrFN2O2. The second-order valence-corrected chi connectivity index (χ2v) is 4.87. The summed E-state index contributed by atoms with van der Waals surface area (Å²) in [7, 11) is 0. The monoisotopic (exact) mass is 338 g/mol. The van der Waals surface area contributed by atoms with E-state index in [1.807, 2.05) is 0 Å². The number of aromatic nitrogens is 1. The number of nitrogens with zero attached hydrogens (tertiary/aromatic N) is 1. The van der Waals surface area contributed by atoms with E-state index in [1.54, 1.807) is 18.3 Å². The Morgan fingerprint density at radius 2 is 2.05 bits per heavy atom. The van der Waals surface area contributed by atoms with Crippen molar-refractivity contribution in [1.29, 1.82) is 0 Å². The minimum atomic E-state index is -0.894. The molecule has 1 unspecified atom stereocenters. The van der Waals surface area contributed by atoms with Gasteiger partial charge in [0.25, 0.3) is 5.91 Å². The molecular weight excluding hydrogens is 327 g/mol. The molecule has 1 aromatic carbocycles. The second-order valence-electron chi connectivity index (χ2n) is 4.12. The number of carbonyl (C=O) groups is 1. The van der Waals surface area contributed by atoms with Crippen LogP contribution in [0.1, 0.15) is 22.0 Å². The zero-order valence-corrected chi connectivity index (χ0v) is 12.0. The van der Waals surface area contributed by atoms with Gasteiger partial charge in [-0.1, -0.05) is 12.1 Å². The van der Waals surface area contributed by atoms with Crippen LogP contribution in [0.5, 0.6) is 0 Å². The van der Waals surface area contributed by atoms with E-state index < -0.39 is 6.10 Å². The predicted octanol–water partition coefficient (Wildman–Crippen LogP) is 2.45. The maximum atomic E-state index is 12.8. The molecule has 2 rings (SSSR count). The average Bonchev–Trinajstić information content (AvgIpc) is 2.45. The molecule has 0 aliphatic rings. The number of hydrogen-bond acceptors (Lipinski definition) is 3. The van der Waals surface area contributed by atoms with Gasteiger partial charge in [0.15, 0.2) is 0 Å². The maximum absolute atomic E-state index is 12.8. The summed E-state index contributed by atoms with van der Waals surface area (Å²) in [6.45, 7) is 0.0335. The topological polar surface area (TPSA) is 62.2 Å². The van der Waals surface area contributed by atoms with E-state index in [-0.39, 0.29) is 18.3 Å². The molecule has 4 nitrogen and oxygen atoms in total. The first kappa shape index (κ1) is 14.6. The van der Waals surface area contributed by atoms with Crippen molar-refractivity contribution in [3.05, 3.63) is 64.1 Å². The summed E-state index contributed by atoms with van der Waals surface area (Å²) in [5.74, 6) is -0.713. The first-order valence-corrected chi connectivity index (χ1v) is 6.69. The fraction of sp³-hybridized carbons (Fsp3) is 0.143. The molecule has 1 amide bonds. The molecule has 2 aromatic rings. The van der Waals surface area contributed by atoms with Crippen molar-refractivity contribution in [2.24, 2.45) is 0 Å². The first-order chi connectivity index (χ1) is 9.58. The SMILES string of the molecule is O=C(NCC(O)c1ccc(F)cc1)c1cccnc1Br. The summed E-state index contributed by atoms with van der Waals surface area (Å²) in [5, 5.41) is 12.5. The molecule has 0 aliphatic carbocycles. The predicted molar refractivity (Wildman–Crippen MR) is 75.6 cm³/mol. The maximum Gasteiger partial charge on any atom is 0.254 e. The van der Waals surface area contributed by atoms with E-state index in [2.05, 4.69) is 26.2 Å². The van der Waals surface area contributed by atoms with E-state index in [0.29, 0.717) is 15.7 Å². The van der Waals surface area contributed by atoms with E-state index in [9.17, 15) is 14.3 Å². The molecule has 1 atom stereocenters. The molecule has 20 heavy (non-hydrogen) atoms. The van der Waals surface area contributed by atoms with Crippen LogP contribution in [-0.4, -0.2) is 22.5 Å². The number of aliphatic hydroxyl groups excluding tert-OH is 1. The van der Waals surface area contributed by atoms with E-state index in [1.165, 1.54) is 24.3 Å². The fourth-order valence-corrected chi connectivity index (χ4v) is 2.07. The van der Waals surface area contributed by atoms with Crippen molar-refractivity contribution < 1.29 is 14.3 Å². The number of hydrogen-bond donors (Lipinski definition) is 2.